The highest BCUT2D eigenvalue weighted by Gasteiger charge is 2.17. The largest absolute Gasteiger partial charge is 0.493 e. The van der Waals surface area contributed by atoms with Gasteiger partial charge in [-0.05, 0) is 36.4 Å². The molecule has 5 aromatic rings. The van der Waals surface area contributed by atoms with Gasteiger partial charge in [0.25, 0.3) is 0 Å². The van der Waals surface area contributed by atoms with Crippen LogP contribution < -0.4 is 20.7 Å². The molecule has 0 aliphatic carbocycles. The lowest BCUT2D eigenvalue weighted by atomic mass is 10.0. The molecular weight excluding hydrogens is 416 g/mol. The van der Waals surface area contributed by atoms with E-state index in [4.69, 9.17) is 22.7 Å². The molecule has 0 spiro atoms. The Morgan fingerprint density at radius 1 is 0.906 bits per heavy atom. The normalized spacial score (nSPS) is 11.0. The first-order valence-electron chi connectivity index (χ1n) is 9.48. The summed E-state index contributed by atoms with van der Waals surface area (Å²) in [6.45, 7) is 0. The number of esters is 1. The molecule has 0 saturated heterocycles. The van der Waals surface area contributed by atoms with Crippen molar-refractivity contribution in [3.05, 3.63) is 93.5 Å². The third kappa shape index (κ3) is 3.33. The quantitative estimate of drug-likeness (QED) is 0.235. The van der Waals surface area contributed by atoms with Gasteiger partial charge in [-0.1, -0.05) is 12.1 Å². The maximum atomic E-state index is 12.8. The zero-order valence-electron chi connectivity index (χ0n) is 16.6. The van der Waals surface area contributed by atoms with Gasteiger partial charge in [0.2, 0.25) is 5.76 Å². The molecule has 0 bridgehead atoms. The first-order valence-corrected chi connectivity index (χ1v) is 9.48. The third-order valence-electron chi connectivity index (χ3n) is 4.88. The molecule has 0 unspecified atom stereocenters. The number of fused-ring (bicyclic) bond motifs is 2. The van der Waals surface area contributed by atoms with Gasteiger partial charge in [0.1, 0.15) is 11.3 Å². The predicted molar refractivity (Wildman–Crippen MR) is 114 cm³/mol. The second-order valence-corrected chi connectivity index (χ2v) is 6.83. The van der Waals surface area contributed by atoms with Crippen molar-refractivity contribution in [2.24, 2.45) is 0 Å². The molecule has 0 saturated carbocycles. The fourth-order valence-electron chi connectivity index (χ4n) is 3.45. The van der Waals surface area contributed by atoms with Crippen LogP contribution in [-0.4, -0.2) is 13.1 Å². The highest BCUT2D eigenvalue weighted by atomic mass is 16.5. The van der Waals surface area contributed by atoms with Gasteiger partial charge < -0.3 is 22.7 Å². The molecule has 0 atom stereocenters. The summed E-state index contributed by atoms with van der Waals surface area (Å²) in [6, 6.07) is 15.6. The molecule has 2 aromatic carbocycles. The van der Waals surface area contributed by atoms with Crippen LogP contribution in [0.25, 0.3) is 33.1 Å². The molecule has 158 valence electrons. The summed E-state index contributed by atoms with van der Waals surface area (Å²) in [5, 5.41) is 1.10. The van der Waals surface area contributed by atoms with E-state index in [0.717, 1.165) is 0 Å². The number of furan rings is 1. The minimum absolute atomic E-state index is 0.0319. The molecule has 8 heteroatoms. The minimum Gasteiger partial charge on any atom is -0.493 e. The maximum Gasteiger partial charge on any atom is 0.379 e. The average Bonchev–Trinajstić information content (AvgIpc) is 3.33. The second-order valence-electron chi connectivity index (χ2n) is 6.83. The van der Waals surface area contributed by atoms with Crippen LogP contribution in [0, 0.1) is 0 Å². The highest BCUT2D eigenvalue weighted by Crippen LogP contribution is 2.31. The average molecular weight is 430 g/mol. The van der Waals surface area contributed by atoms with Crippen LogP contribution in [0.2, 0.25) is 0 Å². The highest BCUT2D eigenvalue weighted by molar-refractivity contribution is 5.96. The van der Waals surface area contributed by atoms with E-state index in [1.165, 1.54) is 37.6 Å². The van der Waals surface area contributed by atoms with Crippen molar-refractivity contribution < 1.29 is 27.5 Å². The van der Waals surface area contributed by atoms with E-state index in [0.29, 0.717) is 27.7 Å². The van der Waals surface area contributed by atoms with Crippen molar-refractivity contribution in [2.45, 2.75) is 0 Å². The lowest BCUT2D eigenvalue weighted by Gasteiger charge is -2.09. The van der Waals surface area contributed by atoms with Gasteiger partial charge in [0, 0.05) is 28.5 Å². The summed E-state index contributed by atoms with van der Waals surface area (Å²) < 4.78 is 26.3. The van der Waals surface area contributed by atoms with E-state index in [-0.39, 0.29) is 22.7 Å². The summed E-state index contributed by atoms with van der Waals surface area (Å²) in [5.74, 6) is -0.0949. The molecule has 0 aliphatic heterocycles. The Kier molecular flexibility index (Phi) is 4.59. The topological polar surface area (TPSA) is 109 Å². The van der Waals surface area contributed by atoms with Crippen LogP contribution in [0.4, 0.5) is 0 Å². The van der Waals surface area contributed by atoms with Crippen LogP contribution in [0.3, 0.4) is 0 Å². The minimum atomic E-state index is -0.697. The Hall–Kier alpha value is -4.59. The van der Waals surface area contributed by atoms with Crippen LogP contribution in [-0.2, 0) is 0 Å². The van der Waals surface area contributed by atoms with Gasteiger partial charge in [0.15, 0.2) is 11.3 Å². The number of para-hydroxylation sites is 1. The van der Waals surface area contributed by atoms with Crippen molar-refractivity contribution >= 4 is 27.9 Å². The summed E-state index contributed by atoms with van der Waals surface area (Å²) in [7, 11) is 1.48. The fraction of sp³-hybridized carbons (Fsp3) is 0.0417. The molecule has 32 heavy (non-hydrogen) atoms. The van der Waals surface area contributed by atoms with E-state index in [1.54, 1.807) is 36.4 Å². The van der Waals surface area contributed by atoms with Gasteiger partial charge >= 0.3 is 17.2 Å². The summed E-state index contributed by atoms with van der Waals surface area (Å²) in [6.07, 6.45) is 1.35. The number of carbonyl (C=O) groups is 1. The van der Waals surface area contributed by atoms with Gasteiger partial charge in [-0.25, -0.2) is 14.4 Å². The number of methoxy groups -OCH3 is 1. The van der Waals surface area contributed by atoms with Crippen LogP contribution in [0.15, 0.2) is 89.8 Å². The number of hydrogen-bond acceptors (Lipinski definition) is 8. The molecule has 3 aromatic heterocycles. The predicted octanol–water partition coefficient (Wildman–Crippen LogP) is 4.39. The Bertz CT molecular complexity index is 1590. The van der Waals surface area contributed by atoms with Crippen molar-refractivity contribution in [1.29, 1.82) is 0 Å². The lowest BCUT2D eigenvalue weighted by molar-refractivity contribution is 0.0701. The Morgan fingerprint density at radius 2 is 1.78 bits per heavy atom. The van der Waals surface area contributed by atoms with Crippen molar-refractivity contribution in [2.75, 3.05) is 7.11 Å². The first-order chi connectivity index (χ1) is 15.5. The Balaban J connectivity index is 1.63. The van der Waals surface area contributed by atoms with Crippen molar-refractivity contribution in [3.8, 4) is 22.6 Å². The number of rotatable bonds is 4. The smallest absolute Gasteiger partial charge is 0.379 e. The number of benzene rings is 2. The number of ether oxygens (including phenoxy) is 2. The lowest BCUT2D eigenvalue weighted by Crippen LogP contribution is -2.08. The molecule has 8 nitrogen and oxygen atoms in total. The molecule has 0 aliphatic rings. The molecule has 3 heterocycles. The first kappa shape index (κ1) is 19.4. The molecule has 0 radical (unpaired) electrons. The maximum absolute atomic E-state index is 12.8. The number of hydrogen-bond donors (Lipinski definition) is 0. The van der Waals surface area contributed by atoms with Crippen LogP contribution >= 0.6 is 0 Å². The Morgan fingerprint density at radius 3 is 2.56 bits per heavy atom. The molecule has 5 rings (SSSR count). The molecular formula is C24H14O8. The van der Waals surface area contributed by atoms with Gasteiger partial charge in [-0.3, -0.25) is 0 Å². The molecule has 0 amide bonds. The fourth-order valence-corrected chi connectivity index (χ4v) is 3.45. The zero-order chi connectivity index (χ0) is 22.2. The summed E-state index contributed by atoms with van der Waals surface area (Å²) in [5.41, 5.74) is -0.345. The standard InChI is InChI=1S/C24H14O8/c1-28-18-5-2-4-13-10-17(23(26)32-22(13)18)16-12-21(25)31-20-11-14(7-8-15(16)20)30-24(27)19-6-3-9-29-19/h2-12H,1H3. The van der Waals surface area contributed by atoms with Crippen molar-refractivity contribution in [1.82, 2.24) is 0 Å². The van der Waals surface area contributed by atoms with Crippen molar-refractivity contribution in [3.63, 3.8) is 0 Å². The van der Waals surface area contributed by atoms with Crippen LogP contribution in [0.1, 0.15) is 10.6 Å². The third-order valence-corrected chi connectivity index (χ3v) is 4.88. The SMILES string of the molecule is COc1cccc2cc(-c3cc(=O)oc4cc(OC(=O)c5ccco5)ccc34)c(=O)oc12. The van der Waals surface area contributed by atoms with E-state index < -0.39 is 17.2 Å². The zero-order valence-corrected chi connectivity index (χ0v) is 16.6. The summed E-state index contributed by atoms with van der Waals surface area (Å²) >= 11 is 0. The van der Waals surface area contributed by atoms with Crippen LogP contribution in [0.5, 0.6) is 11.5 Å². The Labute approximate surface area is 179 Å². The van der Waals surface area contributed by atoms with Gasteiger partial charge in [-0.15, -0.1) is 0 Å². The van der Waals surface area contributed by atoms with E-state index in [9.17, 15) is 14.4 Å². The van der Waals surface area contributed by atoms with Gasteiger partial charge in [0.05, 0.1) is 18.9 Å². The second kappa shape index (κ2) is 7.59. The summed E-state index contributed by atoms with van der Waals surface area (Å²) in [4.78, 5) is 37.1. The molecule has 0 N–H and O–H groups in total. The van der Waals surface area contributed by atoms with E-state index in [2.05, 4.69) is 0 Å². The number of carbonyl (C=O) groups excluding carboxylic acids is 1. The van der Waals surface area contributed by atoms with E-state index >= 15 is 0 Å². The van der Waals surface area contributed by atoms with E-state index in [1.807, 2.05) is 0 Å². The molecule has 0 fully saturated rings. The monoisotopic (exact) mass is 430 g/mol. The van der Waals surface area contributed by atoms with Gasteiger partial charge in [-0.2, -0.15) is 0 Å².